The van der Waals surface area contributed by atoms with Gasteiger partial charge in [0.1, 0.15) is 0 Å². The fraction of sp³-hybridized carbons (Fsp3) is 0.381. The van der Waals surface area contributed by atoms with E-state index in [1.54, 1.807) is 6.20 Å². The number of fused-ring (bicyclic) bond motifs is 1. The predicted molar refractivity (Wildman–Crippen MR) is 104 cm³/mol. The Kier molecular flexibility index (Phi) is 5.07. The maximum atomic E-state index is 13.0. The molecule has 0 saturated carbocycles. The molecule has 0 unspecified atom stereocenters. The third-order valence-electron chi connectivity index (χ3n) is 4.56. The summed E-state index contributed by atoms with van der Waals surface area (Å²) in [6.07, 6.45) is 1.74. The number of nitrogens with zero attached hydrogens (tertiary/aromatic N) is 3. The van der Waals surface area contributed by atoms with E-state index in [1.165, 1.54) is 0 Å². The number of carbonyl (C=O) groups is 1. The molecule has 26 heavy (non-hydrogen) atoms. The first kappa shape index (κ1) is 18.1. The van der Waals surface area contributed by atoms with E-state index >= 15 is 0 Å². The molecule has 1 atom stereocenters. The zero-order chi connectivity index (χ0) is 18.8. The quantitative estimate of drug-likeness (QED) is 0.730. The van der Waals surface area contributed by atoms with Gasteiger partial charge in [-0.25, -0.2) is 9.67 Å². The molecule has 1 aromatic carbocycles. The van der Waals surface area contributed by atoms with Gasteiger partial charge in [0.05, 0.1) is 23.2 Å². The smallest absolute Gasteiger partial charge is 0.252 e. The normalized spacial score (nSPS) is 12.7. The van der Waals surface area contributed by atoms with Gasteiger partial charge in [-0.05, 0) is 38.3 Å². The summed E-state index contributed by atoms with van der Waals surface area (Å²) in [4.78, 5) is 17.8. The number of benzene rings is 1. The molecule has 0 bridgehead atoms. The van der Waals surface area contributed by atoms with Crippen LogP contribution < -0.4 is 5.32 Å². The molecular weight excluding hydrogens is 324 g/mol. The summed E-state index contributed by atoms with van der Waals surface area (Å²) >= 11 is 0. The minimum absolute atomic E-state index is 0.0745. The van der Waals surface area contributed by atoms with Gasteiger partial charge in [-0.15, -0.1) is 0 Å². The second-order valence-corrected chi connectivity index (χ2v) is 7.28. The van der Waals surface area contributed by atoms with Gasteiger partial charge in [0.25, 0.3) is 5.91 Å². The van der Waals surface area contributed by atoms with E-state index in [0.717, 1.165) is 22.3 Å². The molecule has 5 nitrogen and oxygen atoms in total. The van der Waals surface area contributed by atoms with Crippen molar-refractivity contribution in [1.29, 1.82) is 0 Å². The van der Waals surface area contributed by atoms with Gasteiger partial charge < -0.3 is 5.32 Å². The summed E-state index contributed by atoms with van der Waals surface area (Å²) in [5.74, 6) is 0.131. The lowest BCUT2D eigenvalue weighted by Crippen LogP contribution is -2.27. The van der Waals surface area contributed by atoms with E-state index in [4.69, 9.17) is 4.98 Å². The lowest BCUT2D eigenvalue weighted by Gasteiger charge is -2.16. The lowest BCUT2D eigenvalue weighted by atomic mass is 10.0. The molecule has 0 aliphatic carbocycles. The number of aromatic nitrogens is 3. The Bertz CT molecular complexity index is 912. The van der Waals surface area contributed by atoms with Crippen molar-refractivity contribution in [2.24, 2.45) is 0 Å². The van der Waals surface area contributed by atoms with Crippen LogP contribution in [0.3, 0.4) is 0 Å². The second-order valence-electron chi connectivity index (χ2n) is 7.28. The van der Waals surface area contributed by atoms with Crippen LogP contribution in [0.15, 0.2) is 42.6 Å². The van der Waals surface area contributed by atoms with E-state index in [-0.39, 0.29) is 23.9 Å². The Morgan fingerprint density at radius 1 is 1.08 bits per heavy atom. The molecule has 1 amide bonds. The molecule has 3 aromatic rings. The summed E-state index contributed by atoms with van der Waals surface area (Å²) in [5.41, 5.74) is 3.38. The Morgan fingerprint density at radius 3 is 2.38 bits per heavy atom. The van der Waals surface area contributed by atoms with Crippen molar-refractivity contribution < 1.29 is 4.79 Å². The monoisotopic (exact) mass is 350 g/mol. The molecule has 136 valence electrons. The maximum Gasteiger partial charge on any atom is 0.252 e. The first-order valence-corrected chi connectivity index (χ1v) is 9.12. The first-order chi connectivity index (χ1) is 12.4. The fourth-order valence-corrected chi connectivity index (χ4v) is 3.00. The van der Waals surface area contributed by atoms with Crippen LogP contribution in [-0.2, 0) is 0 Å². The van der Waals surface area contributed by atoms with Crippen LogP contribution in [-0.4, -0.2) is 20.7 Å². The number of rotatable bonds is 5. The molecule has 0 saturated heterocycles. The highest BCUT2D eigenvalue weighted by atomic mass is 16.1. The summed E-state index contributed by atoms with van der Waals surface area (Å²) < 4.78 is 1.87. The third kappa shape index (κ3) is 3.47. The SMILES string of the molecule is CC(C)c1cc(C(=O)N[C@H](C)c2ccccc2)c2cnn(C(C)C)c2n1. The van der Waals surface area contributed by atoms with Gasteiger partial charge >= 0.3 is 0 Å². The number of hydrogen-bond donors (Lipinski definition) is 1. The van der Waals surface area contributed by atoms with Crippen molar-refractivity contribution >= 4 is 16.9 Å². The van der Waals surface area contributed by atoms with Crippen LogP contribution in [0.25, 0.3) is 11.0 Å². The topological polar surface area (TPSA) is 59.8 Å². The van der Waals surface area contributed by atoms with E-state index in [9.17, 15) is 4.79 Å². The van der Waals surface area contributed by atoms with Crippen molar-refractivity contribution in [3.8, 4) is 0 Å². The average molecular weight is 350 g/mol. The van der Waals surface area contributed by atoms with E-state index in [0.29, 0.717) is 5.56 Å². The highest BCUT2D eigenvalue weighted by Crippen LogP contribution is 2.25. The number of nitrogens with one attached hydrogen (secondary N) is 1. The second kappa shape index (κ2) is 7.28. The van der Waals surface area contributed by atoms with E-state index in [1.807, 2.05) is 48.0 Å². The van der Waals surface area contributed by atoms with Gasteiger partial charge in [0.15, 0.2) is 5.65 Å². The first-order valence-electron chi connectivity index (χ1n) is 9.12. The molecule has 1 N–H and O–H groups in total. The van der Waals surface area contributed by atoms with Crippen molar-refractivity contribution in [2.75, 3.05) is 0 Å². The molecule has 0 aliphatic rings. The van der Waals surface area contributed by atoms with Crippen molar-refractivity contribution in [2.45, 2.75) is 52.6 Å². The van der Waals surface area contributed by atoms with Crippen LogP contribution in [0.4, 0.5) is 0 Å². The highest BCUT2D eigenvalue weighted by Gasteiger charge is 2.20. The maximum absolute atomic E-state index is 13.0. The van der Waals surface area contributed by atoms with Crippen LogP contribution in [0, 0.1) is 0 Å². The van der Waals surface area contributed by atoms with E-state index < -0.39 is 0 Å². The summed E-state index contributed by atoms with van der Waals surface area (Å²) in [6.45, 7) is 10.3. The van der Waals surface area contributed by atoms with Gasteiger partial charge in [0.2, 0.25) is 0 Å². The van der Waals surface area contributed by atoms with E-state index in [2.05, 4.69) is 38.1 Å². The van der Waals surface area contributed by atoms with Gasteiger partial charge in [-0.2, -0.15) is 5.10 Å². The molecule has 2 heterocycles. The van der Waals surface area contributed by atoms with Crippen molar-refractivity contribution in [3.05, 3.63) is 59.4 Å². The van der Waals surface area contributed by atoms with Crippen LogP contribution >= 0.6 is 0 Å². The summed E-state index contributed by atoms with van der Waals surface area (Å²) in [7, 11) is 0. The van der Waals surface area contributed by atoms with Crippen LogP contribution in [0.1, 0.15) is 74.2 Å². The molecular formula is C21H26N4O. The molecule has 5 heteroatoms. The average Bonchev–Trinajstić information content (AvgIpc) is 3.05. The minimum Gasteiger partial charge on any atom is -0.345 e. The molecule has 0 radical (unpaired) electrons. The molecule has 0 spiro atoms. The van der Waals surface area contributed by atoms with Crippen molar-refractivity contribution in [3.63, 3.8) is 0 Å². The highest BCUT2D eigenvalue weighted by molar-refractivity contribution is 6.05. The minimum atomic E-state index is -0.0982. The van der Waals surface area contributed by atoms with Gasteiger partial charge in [-0.1, -0.05) is 44.2 Å². The lowest BCUT2D eigenvalue weighted by molar-refractivity contribution is 0.0941. The van der Waals surface area contributed by atoms with Gasteiger partial charge in [-0.3, -0.25) is 4.79 Å². The summed E-state index contributed by atoms with van der Waals surface area (Å²) in [5, 5.41) is 8.35. The van der Waals surface area contributed by atoms with Gasteiger partial charge in [0, 0.05) is 11.7 Å². The van der Waals surface area contributed by atoms with Crippen LogP contribution in [0.2, 0.25) is 0 Å². The Hall–Kier alpha value is -2.69. The third-order valence-corrected chi connectivity index (χ3v) is 4.56. The van der Waals surface area contributed by atoms with Crippen LogP contribution in [0.5, 0.6) is 0 Å². The standard InChI is InChI=1S/C21H26N4O/c1-13(2)19-11-17(18-12-22-25(14(3)4)20(18)24-19)21(26)23-15(5)16-9-7-6-8-10-16/h6-15H,1-5H3,(H,23,26)/t15-/m1/s1. The predicted octanol–water partition coefficient (Wildman–Crippen LogP) is 4.63. The fourth-order valence-electron chi connectivity index (χ4n) is 3.00. The Balaban J connectivity index is 2.01. The molecule has 2 aromatic heterocycles. The number of hydrogen-bond acceptors (Lipinski definition) is 3. The summed E-state index contributed by atoms with van der Waals surface area (Å²) in [6, 6.07) is 12.0. The molecule has 3 rings (SSSR count). The van der Waals surface area contributed by atoms with Crippen molar-refractivity contribution in [1.82, 2.24) is 20.1 Å². The molecule has 0 fully saturated rings. The Morgan fingerprint density at radius 2 is 1.77 bits per heavy atom. The number of amides is 1. The zero-order valence-corrected chi connectivity index (χ0v) is 16.0. The molecule has 0 aliphatic heterocycles. The zero-order valence-electron chi connectivity index (χ0n) is 16.0. The number of pyridine rings is 1. The largest absolute Gasteiger partial charge is 0.345 e. The number of carbonyl (C=O) groups excluding carboxylic acids is 1. The Labute approximate surface area is 154 Å².